The van der Waals surface area contributed by atoms with Gasteiger partial charge in [0.25, 0.3) is 0 Å². The summed E-state index contributed by atoms with van der Waals surface area (Å²) in [7, 11) is 0. The van der Waals surface area contributed by atoms with Crippen LogP contribution in [0.2, 0.25) is 0 Å². The number of morpholine rings is 1. The summed E-state index contributed by atoms with van der Waals surface area (Å²) in [5.74, 6) is 0.246. The van der Waals surface area contributed by atoms with E-state index >= 15 is 0 Å². The number of carbonyl (C=O) groups is 1. The molecule has 0 amide bonds. The van der Waals surface area contributed by atoms with Gasteiger partial charge in [-0.3, -0.25) is 9.69 Å². The summed E-state index contributed by atoms with van der Waals surface area (Å²) < 4.78 is 5.77. The van der Waals surface area contributed by atoms with Crippen LogP contribution in [-0.4, -0.2) is 42.5 Å². The molecule has 25 heavy (non-hydrogen) atoms. The van der Waals surface area contributed by atoms with Gasteiger partial charge in [0, 0.05) is 31.1 Å². The normalized spacial score (nSPS) is 23.0. The third kappa shape index (κ3) is 5.80. The average molecular weight is 368 g/mol. The number of nitrogens with zero attached hydrogens (tertiary/aromatic N) is 1. The Balaban J connectivity index is 0.00000312. The first-order valence-electron chi connectivity index (χ1n) is 9.25. The number of ether oxygens (including phenoxy) is 1. The van der Waals surface area contributed by atoms with Crippen LogP contribution < -0.4 is 0 Å². The van der Waals surface area contributed by atoms with Gasteiger partial charge in [0.15, 0.2) is 5.78 Å². The molecule has 0 spiro atoms. The zero-order valence-electron chi connectivity index (χ0n) is 16.5. The van der Waals surface area contributed by atoms with Crippen LogP contribution in [-0.2, 0) is 10.2 Å². The Labute approximate surface area is 159 Å². The maximum atomic E-state index is 12.8. The van der Waals surface area contributed by atoms with Crippen molar-refractivity contribution in [2.75, 3.05) is 19.6 Å². The van der Waals surface area contributed by atoms with Crippen LogP contribution in [0.3, 0.4) is 0 Å². The maximum Gasteiger partial charge on any atom is 0.166 e. The number of halogens is 1. The van der Waals surface area contributed by atoms with Crippen molar-refractivity contribution in [3.63, 3.8) is 0 Å². The van der Waals surface area contributed by atoms with E-state index in [1.54, 1.807) is 0 Å². The first kappa shape index (κ1) is 22.1. The second kappa shape index (κ2) is 9.16. The Hall–Kier alpha value is -0.900. The molecule has 2 rings (SSSR count). The summed E-state index contributed by atoms with van der Waals surface area (Å²) in [6.45, 7) is 15.5. The number of ketones is 1. The van der Waals surface area contributed by atoms with Gasteiger partial charge in [-0.2, -0.15) is 0 Å². The fraction of sp³-hybridized carbons (Fsp3) is 0.667. The SMILES string of the molecule is CCC(C)(C)c1ccc(C(=O)C(C)CN2CC(C)OC(C)C2)cc1.Cl. The molecule has 0 saturated carbocycles. The Morgan fingerprint density at radius 3 is 2.20 bits per heavy atom. The molecule has 4 heteroatoms. The fourth-order valence-corrected chi connectivity index (χ4v) is 3.48. The molecule has 1 heterocycles. The molecule has 3 nitrogen and oxygen atoms in total. The molecule has 3 atom stereocenters. The average Bonchev–Trinajstić information content (AvgIpc) is 2.53. The number of Topliss-reactive ketones (excluding diaryl/α,β-unsaturated/α-hetero) is 1. The highest BCUT2D eigenvalue weighted by molar-refractivity contribution is 5.97. The molecular weight excluding hydrogens is 334 g/mol. The van der Waals surface area contributed by atoms with Crippen LogP contribution in [0.1, 0.15) is 63.9 Å². The molecule has 1 fully saturated rings. The molecule has 142 valence electrons. The van der Waals surface area contributed by atoms with E-state index in [1.165, 1.54) is 5.56 Å². The molecule has 0 radical (unpaired) electrons. The van der Waals surface area contributed by atoms with Crippen molar-refractivity contribution in [1.82, 2.24) is 4.90 Å². The molecular formula is C21H34ClNO2. The van der Waals surface area contributed by atoms with E-state index < -0.39 is 0 Å². The second-order valence-corrected chi connectivity index (χ2v) is 8.06. The van der Waals surface area contributed by atoms with Crippen molar-refractivity contribution < 1.29 is 9.53 Å². The van der Waals surface area contributed by atoms with Crippen molar-refractivity contribution in [3.05, 3.63) is 35.4 Å². The number of rotatable bonds is 6. The Bertz CT molecular complexity index is 546. The molecule has 1 saturated heterocycles. The number of hydrogen-bond donors (Lipinski definition) is 0. The highest BCUT2D eigenvalue weighted by atomic mass is 35.5. The van der Waals surface area contributed by atoms with Gasteiger partial charge in [-0.05, 0) is 31.2 Å². The lowest BCUT2D eigenvalue weighted by atomic mass is 9.81. The van der Waals surface area contributed by atoms with Crippen molar-refractivity contribution in [2.24, 2.45) is 5.92 Å². The van der Waals surface area contributed by atoms with Crippen LogP contribution in [0.25, 0.3) is 0 Å². The van der Waals surface area contributed by atoms with Crippen LogP contribution >= 0.6 is 12.4 Å². The first-order valence-corrected chi connectivity index (χ1v) is 9.25. The minimum absolute atomic E-state index is 0. The quantitative estimate of drug-likeness (QED) is 0.681. The smallest absolute Gasteiger partial charge is 0.166 e. The molecule has 1 aromatic rings. The fourth-order valence-electron chi connectivity index (χ4n) is 3.48. The van der Waals surface area contributed by atoms with E-state index in [0.29, 0.717) is 0 Å². The lowest BCUT2D eigenvalue weighted by Crippen LogP contribution is -2.47. The Kier molecular flexibility index (Phi) is 8.11. The van der Waals surface area contributed by atoms with Gasteiger partial charge in [-0.1, -0.05) is 52.0 Å². The standard InChI is InChI=1S/C21H33NO2.ClH/c1-7-21(5,6)19-10-8-18(9-11-19)20(23)15(2)12-22-13-16(3)24-17(4)14-22;/h8-11,15-17H,7,12-14H2,1-6H3;1H. The van der Waals surface area contributed by atoms with Crippen molar-refractivity contribution >= 4 is 18.2 Å². The van der Waals surface area contributed by atoms with E-state index in [9.17, 15) is 4.79 Å². The van der Waals surface area contributed by atoms with E-state index in [1.807, 2.05) is 19.1 Å². The molecule has 0 aromatic heterocycles. The molecule has 0 N–H and O–H groups in total. The molecule has 0 bridgehead atoms. The van der Waals surface area contributed by atoms with Crippen LogP contribution in [0, 0.1) is 5.92 Å². The van der Waals surface area contributed by atoms with E-state index in [0.717, 1.165) is 31.6 Å². The molecule has 1 aromatic carbocycles. The summed E-state index contributed by atoms with van der Waals surface area (Å²) >= 11 is 0. The Morgan fingerprint density at radius 1 is 1.20 bits per heavy atom. The van der Waals surface area contributed by atoms with Gasteiger partial charge in [0.05, 0.1) is 12.2 Å². The second-order valence-electron chi connectivity index (χ2n) is 8.06. The summed E-state index contributed by atoms with van der Waals surface area (Å²) in [6.07, 6.45) is 1.57. The predicted octanol–water partition coefficient (Wildman–Crippen LogP) is 4.72. The molecule has 3 unspecified atom stereocenters. The zero-order valence-corrected chi connectivity index (χ0v) is 17.4. The molecule has 1 aliphatic rings. The van der Waals surface area contributed by atoms with Gasteiger partial charge in [0.1, 0.15) is 0 Å². The topological polar surface area (TPSA) is 29.5 Å². The minimum atomic E-state index is 0. The lowest BCUT2D eigenvalue weighted by molar-refractivity contribution is -0.0700. The Morgan fingerprint density at radius 2 is 1.72 bits per heavy atom. The van der Waals surface area contributed by atoms with Crippen molar-refractivity contribution in [1.29, 1.82) is 0 Å². The molecule has 0 aliphatic carbocycles. The summed E-state index contributed by atoms with van der Waals surface area (Å²) in [5, 5.41) is 0. The monoisotopic (exact) mass is 367 g/mol. The third-order valence-corrected chi connectivity index (χ3v) is 5.31. The van der Waals surface area contributed by atoms with E-state index in [2.05, 4.69) is 51.7 Å². The minimum Gasteiger partial charge on any atom is -0.373 e. The molecule has 1 aliphatic heterocycles. The number of carbonyl (C=O) groups excluding carboxylic acids is 1. The van der Waals surface area contributed by atoms with Crippen LogP contribution in [0.15, 0.2) is 24.3 Å². The van der Waals surface area contributed by atoms with Gasteiger partial charge < -0.3 is 4.74 Å². The van der Waals surface area contributed by atoms with Gasteiger partial charge in [-0.25, -0.2) is 0 Å². The zero-order chi connectivity index (χ0) is 17.9. The maximum absolute atomic E-state index is 12.8. The van der Waals surface area contributed by atoms with Crippen LogP contribution in [0.5, 0.6) is 0 Å². The van der Waals surface area contributed by atoms with Crippen LogP contribution in [0.4, 0.5) is 0 Å². The highest BCUT2D eigenvalue weighted by Gasteiger charge is 2.26. The summed E-state index contributed by atoms with van der Waals surface area (Å²) in [4.78, 5) is 15.1. The van der Waals surface area contributed by atoms with Crippen molar-refractivity contribution in [2.45, 2.75) is 65.6 Å². The van der Waals surface area contributed by atoms with Gasteiger partial charge >= 0.3 is 0 Å². The van der Waals surface area contributed by atoms with Crippen molar-refractivity contribution in [3.8, 4) is 0 Å². The first-order chi connectivity index (χ1) is 11.2. The van der Waals surface area contributed by atoms with Gasteiger partial charge in [0.2, 0.25) is 0 Å². The summed E-state index contributed by atoms with van der Waals surface area (Å²) in [6, 6.07) is 8.22. The lowest BCUT2D eigenvalue weighted by Gasteiger charge is -2.36. The third-order valence-electron chi connectivity index (χ3n) is 5.31. The number of benzene rings is 1. The van der Waals surface area contributed by atoms with Gasteiger partial charge in [-0.15, -0.1) is 12.4 Å². The van der Waals surface area contributed by atoms with E-state index in [-0.39, 0.29) is 41.7 Å². The highest BCUT2D eigenvalue weighted by Crippen LogP contribution is 2.27. The summed E-state index contributed by atoms with van der Waals surface area (Å²) in [5.41, 5.74) is 2.28. The number of hydrogen-bond acceptors (Lipinski definition) is 3. The predicted molar refractivity (Wildman–Crippen MR) is 107 cm³/mol. The van der Waals surface area contributed by atoms with E-state index in [4.69, 9.17) is 4.74 Å². The largest absolute Gasteiger partial charge is 0.373 e.